The van der Waals surface area contributed by atoms with E-state index in [9.17, 15) is 0 Å². The summed E-state index contributed by atoms with van der Waals surface area (Å²) < 4.78 is 5.47. The number of aliphatic imine (C=N–C) groups is 1. The predicted molar refractivity (Wildman–Crippen MR) is 120 cm³/mol. The molecule has 0 amide bonds. The lowest BCUT2D eigenvalue weighted by Crippen LogP contribution is -2.44. The molecule has 1 saturated heterocycles. The highest BCUT2D eigenvalue weighted by molar-refractivity contribution is 5.79. The lowest BCUT2D eigenvalue weighted by atomic mass is 10.1. The van der Waals surface area contributed by atoms with Gasteiger partial charge < -0.3 is 15.2 Å². The molecule has 1 fully saturated rings. The van der Waals surface area contributed by atoms with Crippen molar-refractivity contribution < 1.29 is 4.52 Å². The highest BCUT2D eigenvalue weighted by Gasteiger charge is 2.24. The van der Waals surface area contributed by atoms with Crippen molar-refractivity contribution in [1.29, 1.82) is 0 Å². The van der Waals surface area contributed by atoms with E-state index in [2.05, 4.69) is 56.0 Å². The second kappa shape index (κ2) is 10.1. The van der Waals surface area contributed by atoms with Gasteiger partial charge in [-0.05, 0) is 24.9 Å². The monoisotopic (exact) mass is 403 g/mol. The average Bonchev–Trinajstić information content (AvgIpc) is 3.45. The Labute approximate surface area is 178 Å². The summed E-state index contributed by atoms with van der Waals surface area (Å²) in [5.74, 6) is 1.56. The molecule has 1 atom stereocenters. The van der Waals surface area contributed by atoms with Gasteiger partial charge in [-0.15, -0.1) is 0 Å². The number of likely N-dealkylation sites (tertiary alicyclic amines) is 1. The lowest BCUT2D eigenvalue weighted by Gasteiger charge is -2.25. The molecule has 1 aromatic heterocycles. The van der Waals surface area contributed by atoms with Gasteiger partial charge in [0, 0.05) is 37.8 Å². The van der Waals surface area contributed by atoms with Crippen molar-refractivity contribution in [3.8, 4) is 11.3 Å². The third kappa shape index (κ3) is 5.27. The molecule has 2 N–H and O–H groups in total. The molecule has 1 unspecified atom stereocenters. The number of hydrogen-bond donors (Lipinski definition) is 2. The number of guanidine groups is 1. The SMILES string of the molecule is CN=C(NCc1cc(-c2ccccc2)on1)NCC1CCCN1Cc1ccccc1. The van der Waals surface area contributed by atoms with Crippen LogP contribution in [0.1, 0.15) is 24.1 Å². The molecule has 1 aliphatic rings. The first-order chi connectivity index (χ1) is 14.8. The fourth-order valence-electron chi connectivity index (χ4n) is 3.90. The van der Waals surface area contributed by atoms with Crippen molar-refractivity contribution in [2.24, 2.45) is 4.99 Å². The second-order valence-corrected chi connectivity index (χ2v) is 7.61. The molecule has 2 aromatic carbocycles. The Balaban J connectivity index is 1.26. The van der Waals surface area contributed by atoms with Gasteiger partial charge in [-0.2, -0.15) is 0 Å². The maximum absolute atomic E-state index is 5.47. The fraction of sp³-hybridized carbons (Fsp3) is 0.333. The highest BCUT2D eigenvalue weighted by atomic mass is 16.5. The van der Waals surface area contributed by atoms with E-state index < -0.39 is 0 Å². The van der Waals surface area contributed by atoms with Gasteiger partial charge >= 0.3 is 0 Å². The van der Waals surface area contributed by atoms with Crippen LogP contribution in [-0.4, -0.2) is 42.2 Å². The maximum atomic E-state index is 5.47. The summed E-state index contributed by atoms with van der Waals surface area (Å²) in [6, 6.07) is 23.2. The third-order valence-electron chi connectivity index (χ3n) is 5.51. The zero-order chi connectivity index (χ0) is 20.6. The molecule has 0 saturated carbocycles. The van der Waals surface area contributed by atoms with Gasteiger partial charge in [-0.1, -0.05) is 65.8 Å². The minimum absolute atomic E-state index is 0.514. The molecule has 156 valence electrons. The van der Waals surface area contributed by atoms with Crippen molar-refractivity contribution in [2.45, 2.75) is 32.0 Å². The summed E-state index contributed by atoms with van der Waals surface area (Å²) in [6.07, 6.45) is 2.45. The Bertz CT molecular complexity index is 938. The average molecular weight is 404 g/mol. The molecule has 0 bridgehead atoms. The molecule has 2 heterocycles. The summed E-state index contributed by atoms with van der Waals surface area (Å²) in [7, 11) is 1.80. The van der Waals surface area contributed by atoms with E-state index >= 15 is 0 Å². The summed E-state index contributed by atoms with van der Waals surface area (Å²) >= 11 is 0. The molecule has 0 spiro atoms. The summed E-state index contributed by atoms with van der Waals surface area (Å²) in [6.45, 7) is 3.59. The molecule has 4 rings (SSSR count). The van der Waals surface area contributed by atoms with E-state index in [0.29, 0.717) is 12.6 Å². The molecule has 6 nitrogen and oxygen atoms in total. The predicted octanol–water partition coefficient (Wildman–Crippen LogP) is 3.67. The molecular weight excluding hydrogens is 374 g/mol. The number of aromatic nitrogens is 1. The number of benzene rings is 2. The van der Waals surface area contributed by atoms with Crippen LogP contribution in [0, 0.1) is 0 Å². The van der Waals surface area contributed by atoms with Crippen LogP contribution in [0.4, 0.5) is 0 Å². The van der Waals surface area contributed by atoms with E-state index in [0.717, 1.165) is 42.6 Å². The molecule has 1 aliphatic heterocycles. The molecule has 6 heteroatoms. The van der Waals surface area contributed by atoms with Gasteiger partial charge in [-0.25, -0.2) is 0 Å². The number of hydrogen-bond acceptors (Lipinski definition) is 4. The van der Waals surface area contributed by atoms with Crippen LogP contribution >= 0.6 is 0 Å². The first-order valence-electron chi connectivity index (χ1n) is 10.6. The first-order valence-corrected chi connectivity index (χ1v) is 10.6. The van der Waals surface area contributed by atoms with Crippen LogP contribution in [0.15, 0.2) is 76.2 Å². The standard InChI is InChI=1S/C24H29N5O/c1-25-24(26-16-21-15-23(30-28-21)20-11-6-3-7-12-20)27-17-22-13-8-14-29(22)18-19-9-4-2-5-10-19/h2-7,9-12,15,22H,8,13-14,16-18H2,1H3,(H2,25,26,27). The second-order valence-electron chi connectivity index (χ2n) is 7.61. The van der Waals surface area contributed by atoms with E-state index in [-0.39, 0.29) is 0 Å². The van der Waals surface area contributed by atoms with Crippen LogP contribution < -0.4 is 10.6 Å². The zero-order valence-electron chi connectivity index (χ0n) is 17.4. The van der Waals surface area contributed by atoms with E-state index in [1.807, 2.05) is 36.4 Å². The van der Waals surface area contributed by atoms with Gasteiger partial charge in [0.15, 0.2) is 11.7 Å². The normalized spacial score (nSPS) is 17.2. The summed E-state index contributed by atoms with van der Waals surface area (Å²) in [5, 5.41) is 11.0. The summed E-state index contributed by atoms with van der Waals surface area (Å²) in [5.41, 5.74) is 3.24. The third-order valence-corrected chi connectivity index (χ3v) is 5.51. The number of rotatable bonds is 7. The minimum Gasteiger partial charge on any atom is -0.356 e. The smallest absolute Gasteiger partial charge is 0.191 e. The van der Waals surface area contributed by atoms with E-state index in [1.54, 1.807) is 7.05 Å². The Morgan fingerprint density at radius 1 is 1.10 bits per heavy atom. The van der Waals surface area contributed by atoms with E-state index in [4.69, 9.17) is 4.52 Å². The van der Waals surface area contributed by atoms with Crippen molar-refractivity contribution >= 4 is 5.96 Å². The van der Waals surface area contributed by atoms with Gasteiger partial charge in [0.05, 0.1) is 6.54 Å². The molecule has 3 aromatic rings. The van der Waals surface area contributed by atoms with Crippen molar-refractivity contribution in [3.63, 3.8) is 0 Å². The molecule has 30 heavy (non-hydrogen) atoms. The van der Waals surface area contributed by atoms with Crippen LogP contribution in [0.5, 0.6) is 0 Å². The largest absolute Gasteiger partial charge is 0.356 e. The fourth-order valence-corrected chi connectivity index (χ4v) is 3.90. The Morgan fingerprint density at radius 2 is 1.87 bits per heavy atom. The first kappa shape index (κ1) is 20.2. The minimum atomic E-state index is 0.514. The molecular formula is C24H29N5O. The van der Waals surface area contributed by atoms with Crippen molar-refractivity contribution in [2.75, 3.05) is 20.1 Å². The van der Waals surface area contributed by atoms with E-state index in [1.165, 1.54) is 18.4 Å². The Morgan fingerprint density at radius 3 is 2.63 bits per heavy atom. The Kier molecular flexibility index (Phi) is 6.77. The summed E-state index contributed by atoms with van der Waals surface area (Å²) in [4.78, 5) is 6.91. The van der Waals surface area contributed by atoms with Crippen molar-refractivity contribution in [1.82, 2.24) is 20.7 Å². The Hall–Kier alpha value is -3.12. The lowest BCUT2D eigenvalue weighted by molar-refractivity contribution is 0.245. The van der Waals surface area contributed by atoms with Crippen LogP contribution in [-0.2, 0) is 13.1 Å². The maximum Gasteiger partial charge on any atom is 0.191 e. The van der Waals surface area contributed by atoms with Gasteiger partial charge in [0.1, 0.15) is 5.69 Å². The number of nitrogens with zero attached hydrogens (tertiary/aromatic N) is 3. The van der Waals surface area contributed by atoms with Crippen LogP contribution in [0.3, 0.4) is 0 Å². The van der Waals surface area contributed by atoms with Crippen LogP contribution in [0.2, 0.25) is 0 Å². The molecule has 0 radical (unpaired) electrons. The van der Waals surface area contributed by atoms with Crippen molar-refractivity contribution in [3.05, 3.63) is 78.0 Å². The highest BCUT2D eigenvalue weighted by Crippen LogP contribution is 2.20. The zero-order valence-corrected chi connectivity index (χ0v) is 17.4. The van der Waals surface area contributed by atoms with Crippen LogP contribution in [0.25, 0.3) is 11.3 Å². The number of nitrogens with one attached hydrogen (secondary N) is 2. The van der Waals surface area contributed by atoms with Gasteiger partial charge in [-0.3, -0.25) is 9.89 Å². The van der Waals surface area contributed by atoms with Gasteiger partial charge in [0.2, 0.25) is 0 Å². The quantitative estimate of drug-likeness (QED) is 0.465. The topological polar surface area (TPSA) is 65.7 Å². The van der Waals surface area contributed by atoms with Gasteiger partial charge in [0.25, 0.3) is 0 Å². The molecule has 0 aliphatic carbocycles.